The van der Waals surface area contributed by atoms with Gasteiger partial charge < -0.3 is 5.21 Å². The summed E-state index contributed by atoms with van der Waals surface area (Å²) in [7, 11) is 0. The molecule has 0 rings (SSSR count). The zero-order chi connectivity index (χ0) is 8.36. The summed E-state index contributed by atoms with van der Waals surface area (Å²) in [5, 5.41) is 8.24. The topological polar surface area (TPSA) is 32.3 Å². The minimum atomic E-state index is 0.724. The molecule has 0 bridgehead atoms. The molecule has 0 radical (unpaired) electrons. The van der Waals surface area contributed by atoms with E-state index in [1.807, 2.05) is 6.08 Å². The molecule has 0 aliphatic rings. The highest BCUT2D eigenvalue weighted by molar-refractivity contribution is 4.65. The van der Waals surface area contributed by atoms with Gasteiger partial charge in [-0.2, -0.15) is 0 Å². The molecule has 0 aromatic heterocycles. The van der Waals surface area contributed by atoms with Gasteiger partial charge in [-0.15, -0.1) is 6.58 Å². The molecule has 0 aliphatic heterocycles. The summed E-state index contributed by atoms with van der Waals surface area (Å²) in [4.78, 5) is 0. The van der Waals surface area contributed by atoms with Crippen LogP contribution >= 0.6 is 0 Å². The van der Waals surface area contributed by atoms with Crippen LogP contribution in [0.25, 0.3) is 0 Å². The molecule has 66 valence electrons. The fourth-order valence-corrected chi connectivity index (χ4v) is 1.02. The van der Waals surface area contributed by atoms with Crippen molar-refractivity contribution in [3.8, 4) is 0 Å². The lowest BCUT2D eigenvalue weighted by molar-refractivity contribution is 0.164. The molecule has 0 fully saturated rings. The molecule has 0 aromatic rings. The third-order valence-electron chi connectivity index (χ3n) is 1.70. The molecule has 0 saturated heterocycles. The quantitative estimate of drug-likeness (QED) is 0.322. The molecule has 0 amide bonds. The lowest BCUT2D eigenvalue weighted by Crippen LogP contribution is -2.07. The van der Waals surface area contributed by atoms with Gasteiger partial charge in [0.1, 0.15) is 0 Å². The third-order valence-corrected chi connectivity index (χ3v) is 1.70. The van der Waals surface area contributed by atoms with E-state index in [9.17, 15) is 0 Å². The van der Waals surface area contributed by atoms with Crippen LogP contribution in [0.5, 0.6) is 0 Å². The Labute approximate surface area is 69.3 Å². The minimum absolute atomic E-state index is 0.724. The van der Waals surface area contributed by atoms with Gasteiger partial charge in [0.15, 0.2) is 0 Å². The highest BCUT2D eigenvalue weighted by Gasteiger charge is 1.88. The summed E-state index contributed by atoms with van der Waals surface area (Å²) in [6.07, 6.45) is 9.21. The maximum Gasteiger partial charge on any atom is 0.0207 e. The van der Waals surface area contributed by atoms with Crippen LogP contribution in [0.15, 0.2) is 12.7 Å². The third kappa shape index (κ3) is 9.66. The van der Waals surface area contributed by atoms with Gasteiger partial charge in [0.05, 0.1) is 0 Å². The first-order valence-electron chi connectivity index (χ1n) is 4.39. The Bertz CT molecular complexity index is 83.6. The summed E-state index contributed by atoms with van der Waals surface area (Å²) in [6, 6.07) is 0. The predicted octanol–water partition coefficient (Wildman–Crippen LogP) is 2.49. The van der Waals surface area contributed by atoms with E-state index in [4.69, 9.17) is 5.21 Å². The van der Waals surface area contributed by atoms with Gasteiger partial charge in [-0.1, -0.05) is 25.3 Å². The van der Waals surface area contributed by atoms with E-state index < -0.39 is 0 Å². The molecule has 2 nitrogen and oxygen atoms in total. The van der Waals surface area contributed by atoms with Crippen molar-refractivity contribution in [3.05, 3.63) is 12.7 Å². The lowest BCUT2D eigenvalue weighted by atomic mass is 10.1. The average molecular weight is 157 g/mol. The number of unbranched alkanes of at least 4 members (excludes halogenated alkanes) is 5. The first-order valence-corrected chi connectivity index (χ1v) is 4.39. The van der Waals surface area contributed by atoms with E-state index in [-0.39, 0.29) is 0 Å². The highest BCUT2D eigenvalue weighted by atomic mass is 16.5. The van der Waals surface area contributed by atoms with Crippen molar-refractivity contribution in [3.63, 3.8) is 0 Å². The first kappa shape index (κ1) is 10.7. The van der Waals surface area contributed by atoms with Crippen LogP contribution in [-0.4, -0.2) is 11.8 Å². The van der Waals surface area contributed by atoms with E-state index in [1.54, 1.807) is 0 Å². The second kappa shape index (κ2) is 9.66. The van der Waals surface area contributed by atoms with Crippen molar-refractivity contribution in [2.45, 2.75) is 38.5 Å². The van der Waals surface area contributed by atoms with Crippen LogP contribution in [0.3, 0.4) is 0 Å². The number of hydroxylamine groups is 1. The van der Waals surface area contributed by atoms with Crippen LogP contribution in [0.4, 0.5) is 0 Å². The maximum absolute atomic E-state index is 8.24. The van der Waals surface area contributed by atoms with Gasteiger partial charge in [-0.3, -0.25) is 0 Å². The second-order valence-corrected chi connectivity index (χ2v) is 2.75. The number of allylic oxidation sites excluding steroid dienone is 1. The molecular weight excluding hydrogens is 138 g/mol. The van der Waals surface area contributed by atoms with Crippen LogP contribution < -0.4 is 5.48 Å². The predicted molar refractivity (Wildman–Crippen MR) is 47.7 cm³/mol. The van der Waals surface area contributed by atoms with Crippen molar-refractivity contribution in [2.75, 3.05) is 6.54 Å². The monoisotopic (exact) mass is 157 g/mol. The largest absolute Gasteiger partial charge is 0.317 e. The number of nitrogens with one attached hydrogen (secondary N) is 1. The zero-order valence-electron chi connectivity index (χ0n) is 7.18. The Balaban J connectivity index is 2.74. The summed E-state index contributed by atoms with van der Waals surface area (Å²) in [5.74, 6) is 0. The van der Waals surface area contributed by atoms with Crippen LogP contribution in [0.2, 0.25) is 0 Å². The highest BCUT2D eigenvalue weighted by Crippen LogP contribution is 2.04. The van der Waals surface area contributed by atoms with Crippen LogP contribution in [0.1, 0.15) is 38.5 Å². The molecule has 0 aliphatic carbocycles. The molecule has 2 N–H and O–H groups in total. The van der Waals surface area contributed by atoms with E-state index in [1.165, 1.54) is 25.7 Å². The SMILES string of the molecule is C=CCCCCCCCNO. The second-order valence-electron chi connectivity index (χ2n) is 2.75. The molecule has 0 unspecified atom stereocenters. The van der Waals surface area contributed by atoms with Crippen LogP contribution in [0, 0.1) is 0 Å². The molecule has 0 aromatic carbocycles. The van der Waals surface area contributed by atoms with Crippen molar-refractivity contribution in [2.24, 2.45) is 0 Å². The van der Waals surface area contributed by atoms with Crippen molar-refractivity contribution < 1.29 is 5.21 Å². The van der Waals surface area contributed by atoms with Gasteiger partial charge in [0.25, 0.3) is 0 Å². The van der Waals surface area contributed by atoms with Gasteiger partial charge >= 0.3 is 0 Å². The van der Waals surface area contributed by atoms with E-state index in [0.29, 0.717) is 0 Å². The summed E-state index contributed by atoms with van der Waals surface area (Å²) < 4.78 is 0. The molecule has 11 heavy (non-hydrogen) atoms. The Morgan fingerprint density at radius 3 is 2.36 bits per heavy atom. The standard InChI is InChI=1S/C9H19NO/c1-2-3-4-5-6-7-8-9-10-11/h2,10-11H,1,3-9H2. The van der Waals surface area contributed by atoms with Crippen LogP contribution in [-0.2, 0) is 0 Å². The van der Waals surface area contributed by atoms with Gasteiger partial charge in [-0.05, 0) is 19.3 Å². The Hall–Kier alpha value is -0.340. The summed E-state index contributed by atoms with van der Waals surface area (Å²) in [5.41, 5.74) is 2.15. The zero-order valence-corrected chi connectivity index (χ0v) is 7.18. The fourth-order valence-electron chi connectivity index (χ4n) is 1.02. The number of rotatable bonds is 8. The van der Waals surface area contributed by atoms with Gasteiger partial charge in [-0.25, -0.2) is 5.48 Å². The fraction of sp³-hybridized carbons (Fsp3) is 0.778. The summed E-state index contributed by atoms with van der Waals surface area (Å²) in [6.45, 7) is 4.39. The smallest absolute Gasteiger partial charge is 0.0207 e. The van der Waals surface area contributed by atoms with E-state index in [2.05, 4.69) is 12.1 Å². The van der Waals surface area contributed by atoms with Gasteiger partial charge in [0.2, 0.25) is 0 Å². The van der Waals surface area contributed by atoms with E-state index in [0.717, 1.165) is 19.4 Å². The lowest BCUT2D eigenvalue weighted by Gasteiger charge is -1.98. The first-order chi connectivity index (χ1) is 5.41. The Kier molecular flexibility index (Phi) is 9.36. The molecule has 2 heteroatoms. The van der Waals surface area contributed by atoms with Crippen molar-refractivity contribution >= 4 is 0 Å². The molecule has 0 atom stereocenters. The number of hydrogen-bond acceptors (Lipinski definition) is 2. The molecule has 0 spiro atoms. The number of hydrogen-bond donors (Lipinski definition) is 2. The molecule has 0 saturated carbocycles. The average Bonchev–Trinajstić information content (AvgIpc) is 2.03. The maximum atomic E-state index is 8.24. The Morgan fingerprint density at radius 1 is 1.09 bits per heavy atom. The molecular formula is C9H19NO. The normalized spacial score (nSPS) is 9.91. The van der Waals surface area contributed by atoms with Crippen molar-refractivity contribution in [1.82, 2.24) is 5.48 Å². The van der Waals surface area contributed by atoms with E-state index >= 15 is 0 Å². The minimum Gasteiger partial charge on any atom is -0.317 e. The van der Waals surface area contributed by atoms with Gasteiger partial charge in [0, 0.05) is 6.54 Å². The van der Waals surface area contributed by atoms with Crippen molar-refractivity contribution in [1.29, 1.82) is 0 Å². The summed E-state index contributed by atoms with van der Waals surface area (Å²) >= 11 is 0. The molecule has 0 heterocycles. The Morgan fingerprint density at radius 2 is 1.73 bits per heavy atom.